The van der Waals surface area contributed by atoms with E-state index in [1.807, 2.05) is 25.2 Å². The Morgan fingerprint density at radius 2 is 1.81 bits per heavy atom. The molecule has 0 radical (unpaired) electrons. The molecule has 1 saturated heterocycles. The molecule has 0 unspecified atom stereocenters. The summed E-state index contributed by atoms with van der Waals surface area (Å²) >= 11 is 1.82. The molecule has 3 rings (SSSR count). The van der Waals surface area contributed by atoms with Crippen LogP contribution in [0.5, 0.6) is 0 Å². The molecular formula is C15H19N5S. The van der Waals surface area contributed by atoms with Crippen LogP contribution in [0.4, 0.5) is 11.5 Å². The molecule has 1 N–H and O–H groups in total. The fourth-order valence-corrected chi connectivity index (χ4v) is 3.20. The molecule has 1 aliphatic heterocycles. The van der Waals surface area contributed by atoms with Crippen LogP contribution in [0.3, 0.4) is 0 Å². The number of benzene rings is 1. The van der Waals surface area contributed by atoms with E-state index in [2.05, 4.69) is 48.8 Å². The van der Waals surface area contributed by atoms with Crippen LogP contribution in [0.25, 0.3) is 0 Å². The number of nitrogens with one attached hydrogen (secondary N) is 1. The number of rotatable bonds is 4. The van der Waals surface area contributed by atoms with E-state index in [0.717, 1.165) is 37.7 Å². The van der Waals surface area contributed by atoms with Gasteiger partial charge in [0.1, 0.15) is 5.82 Å². The summed E-state index contributed by atoms with van der Waals surface area (Å²) in [5.41, 5.74) is 1.15. The lowest BCUT2D eigenvalue weighted by Gasteiger charge is -2.34. The minimum Gasteiger partial charge on any atom is -0.388 e. The average molecular weight is 301 g/mol. The van der Waals surface area contributed by atoms with Crippen LogP contribution in [0.2, 0.25) is 0 Å². The number of anilines is 2. The molecule has 5 nitrogen and oxygen atoms in total. The first-order chi connectivity index (χ1) is 10.3. The van der Waals surface area contributed by atoms with Gasteiger partial charge in [0.25, 0.3) is 0 Å². The average Bonchev–Trinajstić information content (AvgIpc) is 2.57. The van der Waals surface area contributed by atoms with E-state index < -0.39 is 0 Å². The molecular weight excluding hydrogens is 282 g/mol. The van der Waals surface area contributed by atoms with Gasteiger partial charge in [0.15, 0.2) is 0 Å². The van der Waals surface area contributed by atoms with Crippen molar-refractivity contribution in [2.75, 3.05) is 43.4 Å². The Bertz CT molecular complexity index is 552. The minimum absolute atomic E-state index is 0.973. The van der Waals surface area contributed by atoms with Gasteiger partial charge in [0.2, 0.25) is 0 Å². The molecule has 110 valence electrons. The molecule has 0 aliphatic carbocycles. The second-order valence-electron chi connectivity index (χ2n) is 4.85. The van der Waals surface area contributed by atoms with E-state index >= 15 is 0 Å². The molecule has 0 spiro atoms. The molecule has 1 aromatic heterocycles. The van der Waals surface area contributed by atoms with Gasteiger partial charge in [0, 0.05) is 56.2 Å². The maximum atomic E-state index is 4.36. The van der Waals surface area contributed by atoms with Crippen molar-refractivity contribution in [1.82, 2.24) is 14.3 Å². The fraction of sp³-hybridized carbons (Fsp3) is 0.333. The first-order valence-corrected chi connectivity index (χ1v) is 7.84. The van der Waals surface area contributed by atoms with Gasteiger partial charge in [-0.1, -0.05) is 0 Å². The van der Waals surface area contributed by atoms with E-state index in [1.54, 1.807) is 12.4 Å². The number of hydrogen-bond donors (Lipinski definition) is 1. The van der Waals surface area contributed by atoms with Crippen molar-refractivity contribution >= 4 is 23.5 Å². The summed E-state index contributed by atoms with van der Waals surface area (Å²) in [6.07, 6.45) is 5.30. The van der Waals surface area contributed by atoms with Gasteiger partial charge in [-0.05, 0) is 36.2 Å². The molecule has 6 heteroatoms. The molecule has 1 aliphatic rings. The van der Waals surface area contributed by atoms with E-state index in [-0.39, 0.29) is 0 Å². The maximum Gasteiger partial charge on any atom is 0.147 e. The van der Waals surface area contributed by atoms with E-state index in [1.165, 1.54) is 4.90 Å². The third-order valence-corrected chi connectivity index (χ3v) is 4.60. The van der Waals surface area contributed by atoms with Crippen molar-refractivity contribution in [3.63, 3.8) is 0 Å². The normalized spacial score (nSPS) is 16.0. The Morgan fingerprint density at radius 1 is 1.05 bits per heavy atom. The second kappa shape index (κ2) is 6.78. The van der Waals surface area contributed by atoms with Crippen molar-refractivity contribution in [1.29, 1.82) is 0 Å². The third-order valence-electron chi connectivity index (χ3n) is 3.49. The summed E-state index contributed by atoms with van der Waals surface area (Å²) in [5.74, 6) is 0.973. The zero-order valence-electron chi connectivity index (χ0n) is 12.1. The smallest absolute Gasteiger partial charge is 0.147 e. The largest absolute Gasteiger partial charge is 0.388 e. The van der Waals surface area contributed by atoms with Gasteiger partial charge in [0.05, 0.1) is 6.20 Å². The van der Waals surface area contributed by atoms with Crippen LogP contribution in [-0.2, 0) is 0 Å². The van der Waals surface area contributed by atoms with Crippen molar-refractivity contribution in [3.05, 3.63) is 42.9 Å². The van der Waals surface area contributed by atoms with Gasteiger partial charge in [-0.3, -0.25) is 4.98 Å². The lowest BCUT2D eigenvalue weighted by molar-refractivity contribution is 0.428. The van der Waals surface area contributed by atoms with Gasteiger partial charge >= 0.3 is 0 Å². The predicted molar refractivity (Wildman–Crippen MR) is 87.7 cm³/mol. The summed E-state index contributed by atoms with van der Waals surface area (Å²) in [7, 11) is 1.94. The monoisotopic (exact) mass is 301 g/mol. The Hall–Kier alpha value is -1.79. The van der Waals surface area contributed by atoms with Gasteiger partial charge in [-0.2, -0.15) is 0 Å². The van der Waals surface area contributed by atoms with Crippen LogP contribution in [0.15, 0.2) is 47.8 Å². The highest BCUT2D eigenvalue weighted by molar-refractivity contribution is 7.97. The van der Waals surface area contributed by atoms with Crippen molar-refractivity contribution in [2.24, 2.45) is 0 Å². The van der Waals surface area contributed by atoms with Crippen molar-refractivity contribution in [2.45, 2.75) is 4.90 Å². The Balaban J connectivity index is 1.53. The summed E-state index contributed by atoms with van der Waals surface area (Å²) in [6.45, 7) is 4.02. The third kappa shape index (κ3) is 3.65. The summed E-state index contributed by atoms with van der Waals surface area (Å²) in [6, 6.07) is 8.54. The van der Waals surface area contributed by atoms with Gasteiger partial charge < -0.3 is 10.2 Å². The predicted octanol–water partition coefficient (Wildman–Crippen LogP) is 2.35. The van der Waals surface area contributed by atoms with E-state index in [4.69, 9.17) is 0 Å². The first-order valence-electron chi connectivity index (χ1n) is 7.07. The molecule has 21 heavy (non-hydrogen) atoms. The minimum atomic E-state index is 0.973. The van der Waals surface area contributed by atoms with Gasteiger partial charge in [-0.25, -0.2) is 9.29 Å². The van der Waals surface area contributed by atoms with E-state index in [0.29, 0.717) is 0 Å². The molecule has 0 atom stereocenters. The second-order valence-corrected chi connectivity index (χ2v) is 6.02. The highest BCUT2D eigenvalue weighted by Gasteiger charge is 2.18. The highest BCUT2D eigenvalue weighted by Crippen LogP contribution is 2.25. The lowest BCUT2D eigenvalue weighted by Crippen LogP contribution is -2.43. The van der Waals surface area contributed by atoms with Crippen LogP contribution in [-0.4, -0.2) is 47.5 Å². The molecule has 0 bridgehead atoms. The highest BCUT2D eigenvalue weighted by atomic mass is 32.2. The molecule has 1 fully saturated rings. The quantitative estimate of drug-likeness (QED) is 0.875. The fourth-order valence-electron chi connectivity index (χ4n) is 2.29. The summed E-state index contributed by atoms with van der Waals surface area (Å²) < 4.78 is 2.40. The lowest BCUT2D eigenvalue weighted by atomic mass is 10.3. The molecule has 0 saturated carbocycles. The zero-order chi connectivity index (χ0) is 14.5. The number of piperazine rings is 1. The number of aromatic nitrogens is 2. The zero-order valence-corrected chi connectivity index (χ0v) is 12.9. The topological polar surface area (TPSA) is 44.3 Å². The van der Waals surface area contributed by atoms with Crippen LogP contribution in [0, 0.1) is 0 Å². The van der Waals surface area contributed by atoms with E-state index in [9.17, 15) is 0 Å². The van der Waals surface area contributed by atoms with Crippen LogP contribution >= 0.6 is 11.9 Å². The molecule has 2 heterocycles. The number of hydrogen-bond acceptors (Lipinski definition) is 6. The number of nitrogens with zero attached hydrogens (tertiary/aromatic N) is 4. The van der Waals surface area contributed by atoms with Crippen molar-refractivity contribution in [3.8, 4) is 0 Å². The van der Waals surface area contributed by atoms with Crippen molar-refractivity contribution < 1.29 is 0 Å². The maximum absolute atomic E-state index is 4.36. The summed E-state index contributed by atoms with van der Waals surface area (Å²) in [4.78, 5) is 12.1. The molecule has 1 aromatic carbocycles. The standard InChI is InChI=1S/C15H19N5S/c1-16-13-2-4-14(5-3-13)21-20-10-8-19(9-11-20)15-12-17-6-7-18-15/h2-7,12,16H,8-11H2,1H3. The van der Waals surface area contributed by atoms with Crippen LogP contribution in [0.1, 0.15) is 0 Å². The van der Waals surface area contributed by atoms with Crippen LogP contribution < -0.4 is 10.2 Å². The first kappa shape index (κ1) is 14.2. The van der Waals surface area contributed by atoms with Gasteiger partial charge in [-0.15, -0.1) is 0 Å². The SMILES string of the molecule is CNc1ccc(SN2CCN(c3cnccn3)CC2)cc1. The molecule has 0 amide bonds. The Kier molecular flexibility index (Phi) is 4.57. The summed E-state index contributed by atoms with van der Waals surface area (Å²) in [5, 5.41) is 3.14. The Morgan fingerprint density at radius 3 is 2.43 bits per heavy atom. The Labute approximate surface area is 129 Å². The molecule has 2 aromatic rings.